The summed E-state index contributed by atoms with van der Waals surface area (Å²) in [5.74, 6) is 0.799. The fourth-order valence-electron chi connectivity index (χ4n) is 3.73. The first kappa shape index (κ1) is 20.8. The number of rotatable bonds is 4. The summed E-state index contributed by atoms with van der Waals surface area (Å²) in [4.78, 5) is 16.0. The number of fused-ring (bicyclic) bond motifs is 3. The lowest BCUT2D eigenvalue weighted by Crippen LogP contribution is -2.08. The zero-order chi connectivity index (χ0) is 20.5. The summed E-state index contributed by atoms with van der Waals surface area (Å²) >= 11 is 0. The Morgan fingerprint density at radius 3 is 2.43 bits per heavy atom. The molecule has 0 atom stereocenters. The molecule has 0 saturated heterocycles. The number of anilines is 3. The van der Waals surface area contributed by atoms with Gasteiger partial charge < -0.3 is 16.1 Å². The Labute approximate surface area is 174 Å². The molecule has 0 spiro atoms. The van der Waals surface area contributed by atoms with Crippen molar-refractivity contribution in [3.8, 4) is 6.07 Å². The number of nitrogens with one attached hydrogen (secondary N) is 2. The fourth-order valence-corrected chi connectivity index (χ4v) is 3.73. The van der Waals surface area contributed by atoms with Crippen molar-refractivity contribution in [1.82, 2.24) is 9.38 Å². The van der Waals surface area contributed by atoms with E-state index in [1.807, 2.05) is 59.9 Å². The van der Waals surface area contributed by atoms with Gasteiger partial charge in [0.15, 0.2) is 5.65 Å². The summed E-state index contributed by atoms with van der Waals surface area (Å²) in [6.45, 7) is 5.54. The highest BCUT2D eigenvalue weighted by Crippen LogP contribution is 2.33. The van der Waals surface area contributed by atoms with Crippen LogP contribution in [0, 0.1) is 18.3 Å². The van der Waals surface area contributed by atoms with Crippen LogP contribution < -0.4 is 10.6 Å². The molecule has 0 aliphatic carbocycles. The van der Waals surface area contributed by atoms with E-state index >= 15 is 0 Å². The lowest BCUT2D eigenvalue weighted by Gasteiger charge is -2.18. The molecule has 7 heteroatoms. The van der Waals surface area contributed by atoms with Gasteiger partial charge >= 0.3 is 0 Å². The molecule has 152 valence electrons. The van der Waals surface area contributed by atoms with Crippen molar-refractivity contribution in [3.05, 3.63) is 65.2 Å². The summed E-state index contributed by atoms with van der Waals surface area (Å²) in [7, 11) is 0. The topological polar surface area (TPSA) is 114 Å². The maximum absolute atomic E-state index is 11.2. The predicted octanol–water partition coefficient (Wildman–Crippen LogP) is 4.11. The second kappa shape index (κ2) is 8.23. The number of hydrogen-bond donors (Lipinski definition) is 2. The van der Waals surface area contributed by atoms with Gasteiger partial charge in [-0.3, -0.25) is 9.20 Å². The smallest absolute Gasteiger partial charge is 0.221 e. The summed E-state index contributed by atoms with van der Waals surface area (Å²) in [5, 5.41) is 16.1. The molecule has 4 aromatic rings. The molecule has 0 fully saturated rings. The van der Waals surface area contributed by atoms with Crippen LogP contribution in [0.1, 0.15) is 30.5 Å². The van der Waals surface area contributed by atoms with Crippen LogP contribution in [0.2, 0.25) is 0 Å². The number of carbonyl (C=O) groups excluding carboxylic acids is 1. The SMILES string of the molecule is CCc1c(C)c(C#N)c2nc3ccccc3n2c1Nc1ccc(NC(C)=O)cc1.O. The highest BCUT2D eigenvalue weighted by molar-refractivity contribution is 5.89. The van der Waals surface area contributed by atoms with Crippen molar-refractivity contribution in [1.29, 1.82) is 5.26 Å². The number of nitriles is 1. The minimum Gasteiger partial charge on any atom is -0.412 e. The van der Waals surface area contributed by atoms with E-state index < -0.39 is 0 Å². The van der Waals surface area contributed by atoms with E-state index in [4.69, 9.17) is 4.98 Å². The molecule has 0 saturated carbocycles. The number of pyridine rings is 1. The molecule has 7 nitrogen and oxygen atoms in total. The van der Waals surface area contributed by atoms with Crippen LogP contribution in [0.15, 0.2) is 48.5 Å². The van der Waals surface area contributed by atoms with Gasteiger partial charge in [-0.25, -0.2) is 4.98 Å². The number of carbonyl (C=O) groups is 1. The van der Waals surface area contributed by atoms with Gasteiger partial charge in [0.1, 0.15) is 11.9 Å². The van der Waals surface area contributed by atoms with E-state index in [0.717, 1.165) is 45.8 Å². The number of aromatic nitrogens is 2. The van der Waals surface area contributed by atoms with Gasteiger partial charge in [-0.2, -0.15) is 5.26 Å². The van der Waals surface area contributed by atoms with Gasteiger partial charge in [0.05, 0.1) is 16.6 Å². The number of benzene rings is 2. The molecule has 4 N–H and O–H groups in total. The van der Waals surface area contributed by atoms with Crippen LogP contribution in [0.3, 0.4) is 0 Å². The van der Waals surface area contributed by atoms with Crippen molar-refractivity contribution >= 4 is 39.8 Å². The van der Waals surface area contributed by atoms with Gasteiger partial charge in [0.25, 0.3) is 0 Å². The van der Waals surface area contributed by atoms with E-state index in [-0.39, 0.29) is 11.4 Å². The summed E-state index contributed by atoms with van der Waals surface area (Å²) in [6, 6.07) is 17.8. The molecule has 1 amide bonds. The van der Waals surface area contributed by atoms with Crippen LogP contribution in [-0.4, -0.2) is 20.8 Å². The number of amides is 1. The molecule has 0 aliphatic rings. The van der Waals surface area contributed by atoms with Gasteiger partial charge in [-0.15, -0.1) is 0 Å². The first-order valence-electron chi connectivity index (χ1n) is 9.51. The van der Waals surface area contributed by atoms with Crippen molar-refractivity contribution < 1.29 is 10.3 Å². The van der Waals surface area contributed by atoms with E-state index in [1.165, 1.54) is 6.92 Å². The van der Waals surface area contributed by atoms with Crippen LogP contribution in [0.25, 0.3) is 16.7 Å². The van der Waals surface area contributed by atoms with E-state index in [0.29, 0.717) is 11.2 Å². The molecule has 0 unspecified atom stereocenters. The Bertz CT molecular complexity index is 1280. The number of para-hydroxylation sites is 2. The normalized spacial score (nSPS) is 10.5. The molecule has 2 aromatic carbocycles. The zero-order valence-electron chi connectivity index (χ0n) is 17.1. The summed E-state index contributed by atoms with van der Waals surface area (Å²) < 4.78 is 2.03. The lowest BCUT2D eigenvalue weighted by atomic mass is 10.0. The van der Waals surface area contributed by atoms with Crippen LogP contribution >= 0.6 is 0 Å². The second-order valence-electron chi connectivity index (χ2n) is 6.94. The van der Waals surface area contributed by atoms with Crippen molar-refractivity contribution in [2.24, 2.45) is 0 Å². The molecule has 0 bridgehead atoms. The molecular weight excluding hydrogens is 378 g/mol. The number of nitrogens with zero attached hydrogens (tertiary/aromatic N) is 3. The van der Waals surface area contributed by atoms with Crippen LogP contribution in [0.4, 0.5) is 17.2 Å². The Balaban J connectivity index is 0.00000256. The van der Waals surface area contributed by atoms with Crippen LogP contribution in [-0.2, 0) is 11.2 Å². The zero-order valence-corrected chi connectivity index (χ0v) is 17.1. The Morgan fingerprint density at radius 1 is 1.13 bits per heavy atom. The molecule has 4 rings (SSSR count). The minimum atomic E-state index is -0.103. The molecule has 30 heavy (non-hydrogen) atoms. The van der Waals surface area contributed by atoms with E-state index in [1.54, 1.807) is 0 Å². The molecule has 2 heterocycles. The van der Waals surface area contributed by atoms with Gasteiger partial charge in [-0.05, 0) is 60.9 Å². The second-order valence-corrected chi connectivity index (χ2v) is 6.94. The average Bonchev–Trinajstić information content (AvgIpc) is 3.08. The Kier molecular flexibility index (Phi) is 5.72. The van der Waals surface area contributed by atoms with E-state index in [9.17, 15) is 10.1 Å². The third-order valence-electron chi connectivity index (χ3n) is 5.05. The number of imidazole rings is 1. The Morgan fingerprint density at radius 2 is 1.80 bits per heavy atom. The lowest BCUT2D eigenvalue weighted by molar-refractivity contribution is -0.114. The quantitative estimate of drug-likeness (QED) is 0.535. The van der Waals surface area contributed by atoms with E-state index in [2.05, 4.69) is 23.6 Å². The largest absolute Gasteiger partial charge is 0.412 e. The maximum Gasteiger partial charge on any atom is 0.221 e. The molecule has 0 aliphatic heterocycles. The molecule has 2 aromatic heterocycles. The minimum absolute atomic E-state index is 0. The van der Waals surface area contributed by atoms with Gasteiger partial charge in [-0.1, -0.05) is 19.1 Å². The summed E-state index contributed by atoms with van der Waals surface area (Å²) in [5.41, 5.74) is 6.69. The first-order chi connectivity index (χ1) is 14.0. The third-order valence-corrected chi connectivity index (χ3v) is 5.05. The molecule has 0 radical (unpaired) electrons. The van der Waals surface area contributed by atoms with Crippen molar-refractivity contribution in [2.75, 3.05) is 10.6 Å². The highest BCUT2D eigenvalue weighted by atomic mass is 16.1. The van der Waals surface area contributed by atoms with Gasteiger partial charge in [0, 0.05) is 18.3 Å². The highest BCUT2D eigenvalue weighted by Gasteiger charge is 2.19. The molecular formula is C23H23N5O2. The average molecular weight is 401 g/mol. The van der Waals surface area contributed by atoms with Crippen LogP contribution in [0.5, 0.6) is 0 Å². The predicted molar refractivity (Wildman–Crippen MR) is 119 cm³/mol. The van der Waals surface area contributed by atoms with Gasteiger partial charge in [0.2, 0.25) is 5.91 Å². The monoisotopic (exact) mass is 401 g/mol. The Hall–Kier alpha value is -3.89. The maximum atomic E-state index is 11.2. The third kappa shape index (κ3) is 3.45. The number of hydrogen-bond acceptors (Lipinski definition) is 4. The van der Waals surface area contributed by atoms with Crippen molar-refractivity contribution in [2.45, 2.75) is 27.2 Å². The first-order valence-corrected chi connectivity index (χ1v) is 9.51. The van der Waals surface area contributed by atoms with Crippen molar-refractivity contribution in [3.63, 3.8) is 0 Å². The fraction of sp³-hybridized carbons (Fsp3) is 0.174. The standard InChI is InChI=1S/C23H21N5O.H2O/c1-4-18-14(2)19(13-24)23-27-20-7-5-6-8-21(20)28(23)22(18)26-17-11-9-16(10-12-17)25-15(3)29;/h5-12,26H,4H2,1-3H3,(H,25,29);1H2. The summed E-state index contributed by atoms with van der Waals surface area (Å²) in [6.07, 6.45) is 0.773.